The molecule has 3 heterocycles. The molecule has 8 rings (SSSR count). The van der Waals surface area contributed by atoms with Crippen LogP contribution in [-0.2, 0) is 0 Å². The number of amidine groups is 2. The highest BCUT2D eigenvalue weighted by Gasteiger charge is 2.24. The Labute approximate surface area is 236 Å². The number of nitrogens with one attached hydrogen (secondary N) is 1. The second kappa shape index (κ2) is 9.57. The van der Waals surface area contributed by atoms with Crippen LogP contribution in [-0.4, -0.2) is 16.7 Å². The lowest BCUT2D eigenvalue weighted by molar-refractivity contribution is 0.654. The first kappa shape index (κ1) is 23.3. The molecule has 1 aliphatic rings. The fourth-order valence-corrected chi connectivity index (χ4v) is 5.54. The van der Waals surface area contributed by atoms with Crippen LogP contribution < -0.4 is 5.32 Å². The van der Waals surface area contributed by atoms with Crippen molar-refractivity contribution in [2.75, 3.05) is 0 Å². The lowest BCUT2D eigenvalue weighted by Gasteiger charge is -2.22. The number of benzene rings is 5. The van der Waals surface area contributed by atoms with E-state index in [2.05, 4.69) is 101 Å². The molecule has 0 saturated heterocycles. The smallest absolute Gasteiger partial charge is 0.228 e. The molecular formula is C36H24N4O. The highest BCUT2D eigenvalue weighted by atomic mass is 16.3. The van der Waals surface area contributed by atoms with Gasteiger partial charge in [-0.25, -0.2) is 15.0 Å². The number of hydrogen-bond acceptors (Lipinski definition) is 5. The molecule has 0 amide bonds. The number of pyridine rings is 1. The average Bonchev–Trinajstić information content (AvgIpc) is 3.42. The minimum atomic E-state index is -0.409. The van der Waals surface area contributed by atoms with Crippen molar-refractivity contribution in [2.45, 2.75) is 6.17 Å². The molecule has 0 bridgehead atoms. The maximum atomic E-state index is 6.25. The van der Waals surface area contributed by atoms with Gasteiger partial charge in [-0.05, 0) is 45.7 Å². The van der Waals surface area contributed by atoms with Crippen molar-refractivity contribution in [1.82, 2.24) is 10.3 Å². The van der Waals surface area contributed by atoms with Crippen LogP contribution >= 0.6 is 0 Å². The molecule has 0 fully saturated rings. The Morgan fingerprint density at radius 2 is 1.22 bits per heavy atom. The number of nitrogens with zero attached hydrogens (tertiary/aromatic N) is 3. The fourth-order valence-electron chi connectivity index (χ4n) is 5.54. The largest absolute Gasteiger partial charge is 0.438 e. The van der Waals surface area contributed by atoms with Gasteiger partial charge in [0.25, 0.3) is 0 Å². The third-order valence-electron chi connectivity index (χ3n) is 7.60. The second-order valence-electron chi connectivity index (χ2n) is 10.1. The molecule has 2 aromatic heterocycles. The first-order valence-corrected chi connectivity index (χ1v) is 13.6. The Morgan fingerprint density at radius 1 is 0.585 bits per heavy atom. The number of rotatable bonds is 4. The summed E-state index contributed by atoms with van der Waals surface area (Å²) in [6, 6.07) is 43.6. The lowest BCUT2D eigenvalue weighted by Crippen LogP contribution is -2.36. The summed E-state index contributed by atoms with van der Waals surface area (Å²) >= 11 is 0. The summed E-state index contributed by atoms with van der Waals surface area (Å²) < 4.78 is 6.25. The second-order valence-corrected chi connectivity index (χ2v) is 10.1. The van der Waals surface area contributed by atoms with Gasteiger partial charge in [0.05, 0.1) is 5.39 Å². The number of hydrogen-bond donors (Lipinski definition) is 1. The van der Waals surface area contributed by atoms with Gasteiger partial charge in [-0.2, -0.15) is 0 Å². The molecule has 0 aliphatic carbocycles. The van der Waals surface area contributed by atoms with Crippen molar-refractivity contribution >= 4 is 44.5 Å². The van der Waals surface area contributed by atoms with Crippen molar-refractivity contribution in [1.29, 1.82) is 0 Å². The van der Waals surface area contributed by atoms with Crippen LogP contribution in [0.4, 0.5) is 0 Å². The van der Waals surface area contributed by atoms with Gasteiger partial charge in [0.1, 0.15) is 17.3 Å². The zero-order valence-electron chi connectivity index (χ0n) is 22.0. The third-order valence-corrected chi connectivity index (χ3v) is 7.60. The molecule has 5 heteroatoms. The van der Waals surface area contributed by atoms with Crippen LogP contribution in [0.5, 0.6) is 0 Å². The maximum Gasteiger partial charge on any atom is 0.228 e. The Bertz CT molecular complexity index is 2110. The van der Waals surface area contributed by atoms with Crippen LogP contribution in [0.1, 0.15) is 22.9 Å². The summed E-state index contributed by atoms with van der Waals surface area (Å²) in [6.07, 6.45) is 1.37. The summed E-state index contributed by atoms with van der Waals surface area (Å²) in [4.78, 5) is 14.8. The first-order valence-electron chi connectivity index (χ1n) is 13.6. The molecule has 1 aliphatic heterocycles. The van der Waals surface area contributed by atoms with E-state index >= 15 is 0 Å². The summed E-state index contributed by atoms with van der Waals surface area (Å²) in [7, 11) is 0. The first-order chi connectivity index (χ1) is 20.3. The molecule has 0 radical (unpaired) electrons. The quantitative estimate of drug-likeness (QED) is 0.250. The van der Waals surface area contributed by atoms with E-state index in [1.807, 2.05) is 36.4 Å². The molecule has 194 valence electrons. The molecule has 1 unspecified atom stereocenters. The van der Waals surface area contributed by atoms with Crippen LogP contribution in [0.2, 0.25) is 0 Å². The van der Waals surface area contributed by atoms with Gasteiger partial charge in [0.2, 0.25) is 5.71 Å². The molecule has 0 saturated carbocycles. The molecule has 5 aromatic carbocycles. The summed E-state index contributed by atoms with van der Waals surface area (Å²) in [5, 5.41) is 7.77. The fraction of sp³-hybridized carbons (Fsp3) is 0.0278. The number of aliphatic imine (C=N–C) groups is 2. The van der Waals surface area contributed by atoms with Crippen LogP contribution in [0, 0.1) is 0 Å². The van der Waals surface area contributed by atoms with Crippen LogP contribution in [0.15, 0.2) is 148 Å². The van der Waals surface area contributed by atoms with Crippen LogP contribution in [0.3, 0.4) is 0 Å². The van der Waals surface area contributed by atoms with Gasteiger partial charge < -0.3 is 9.73 Å². The van der Waals surface area contributed by atoms with Gasteiger partial charge in [0.15, 0.2) is 6.17 Å². The van der Waals surface area contributed by atoms with E-state index in [-0.39, 0.29) is 0 Å². The van der Waals surface area contributed by atoms with E-state index in [1.165, 1.54) is 5.56 Å². The van der Waals surface area contributed by atoms with E-state index in [4.69, 9.17) is 14.4 Å². The Morgan fingerprint density at radius 3 is 1.98 bits per heavy atom. The Hall–Kier alpha value is -5.55. The highest BCUT2D eigenvalue weighted by Crippen LogP contribution is 2.35. The molecule has 1 N–H and O–H groups in total. The maximum absolute atomic E-state index is 6.25. The average molecular weight is 529 g/mol. The van der Waals surface area contributed by atoms with Gasteiger partial charge in [0, 0.05) is 22.7 Å². The van der Waals surface area contributed by atoms with Gasteiger partial charge in [-0.3, -0.25) is 0 Å². The number of aromatic nitrogens is 1. The standard InChI is InChI=1S/C36H24N4O/c1-3-9-23(10-4-1)24-15-17-26(18-16-24)34-38-33(25-11-5-2-6-12-25)39-35(40-34)29-19-20-37-36-32(29)30-21-27-13-7-8-14-28(27)22-31(30)41-36/h1-22,34H,(H,38,39,40). The molecular weight excluding hydrogens is 504 g/mol. The predicted molar refractivity (Wildman–Crippen MR) is 166 cm³/mol. The normalized spacial score (nSPS) is 15.1. The third kappa shape index (κ3) is 4.15. The topological polar surface area (TPSA) is 62.8 Å². The summed E-state index contributed by atoms with van der Waals surface area (Å²) in [6.45, 7) is 0. The van der Waals surface area contributed by atoms with Crippen molar-refractivity contribution in [3.63, 3.8) is 0 Å². The Kier molecular flexibility index (Phi) is 5.45. The van der Waals surface area contributed by atoms with E-state index in [0.29, 0.717) is 5.71 Å². The van der Waals surface area contributed by atoms with Gasteiger partial charge >= 0.3 is 0 Å². The molecule has 5 nitrogen and oxygen atoms in total. The summed E-state index contributed by atoms with van der Waals surface area (Å²) in [5.74, 6) is 1.51. The number of fused-ring (bicyclic) bond motifs is 4. The minimum absolute atomic E-state index is 0.409. The zero-order valence-corrected chi connectivity index (χ0v) is 22.0. The zero-order chi connectivity index (χ0) is 27.2. The minimum Gasteiger partial charge on any atom is -0.438 e. The Balaban J connectivity index is 1.28. The monoisotopic (exact) mass is 528 g/mol. The SMILES string of the molecule is c1ccc(C2=NC(c3ccc(-c4ccccc4)cc3)N=C(c3ccnc4oc5cc6ccccc6cc5c34)N2)cc1. The van der Waals surface area contributed by atoms with E-state index < -0.39 is 6.17 Å². The van der Waals surface area contributed by atoms with E-state index in [9.17, 15) is 0 Å². The van der Waals surface area contributed by atoms with Gasteiger partial charge in [-0.1, -0.05) is 109 Å². The predicted octanol–water partition coefficient (Wildman–Crippen LogP) is 8.30. The van der Waals surface area contributed by atoms with Crippen molar-refractivity contribution in [3.05, 3.63) is 150 Å². The van der Waals surface area contributed by atoms with Crippen molar-refractivity contribution in [3.8, 4) is 11.1 Å². The van der Waals surface area contributed by atoms with Crippen molar-refractivity contribution < 1.29 is 4.42 Å². The summed E-state index contributed by atoms with van der Waals surface area (Å²) in [5.41, 5.74) is 6.68. The lowest BCUT2D eigenvalue weighted by atomic mass is 10.0. The molecule has 41 heavy (non-hydrogen) atoms. The van der Waals surface area contributed by atoms with Crippen molar-refractivity contribution in [2.24, 2.45) is 9.98 Å². The van der Waals surface area contributed by atoms with Crippen LogP contribution in [0.25, 0.3) is 44.0 Å². The molecule has 0 spiro atoms. The van der Waals surface area contributed by atoms with Gasteiger partial charge in [-0.15, -0.1) is 0 Å². The molecule has 1 atom stereocenters. The van der Waals surface area contributed by atoms with E-state index in [1.54, 1.807) is 6.20 Å². The van der Waals surface area contributed by atoms with E-state index in [0.717, 1.165) is 61.1 Å². The molecule has 7 aromatic rings. The number of furan rings is 1. The highest BCUT2D eigenvalue weighted by molar-refractivity contribution is 6.23.